The number of nitriles is 1. The molecule has 1 rings (SSSR count). The van der Waals surface area contributed by atoms with Gasteiger partial charge in [0.15, 0.2) is 11.5 Å². The van der Waals surface area contributed by atoms with Crippen molar-refractivity contribution in [2.24, 2.45) is 0 Å². The third-order valence-electron chi connectivity index (χ3n) is 0.805. The van der Waals surface area contributed by atoms with Gasteiger partial charge in [0.05, 0.1) is 5.88 Å². The van der Waals surface area contributed by atoms with Crippen molar-refractivity contribution < 1.29 is 4.52 Å². The van der Waals surface area contributed by atoms with Crippen molar-refractivity contribution in [1.82, 2.24) is 5.16 Å². The monoisotopic (exact) mass is 142 g/mol. The molecule has 0 atom stereocenters. The maximum absolute atomic E-state index is 8.23. The number of halogens is 1. The fourth-order valence-corrected chi connectivity index (χ4v) is 0.555. The maximum Gasteiger partial charge on any atom is 0.183 e. The predicted molar refractivity (Wildman–Crippen MR) is 30.8 cm³/mol. The molecular formula is C5H3ClN2O. The van der Waals surface area contributed by atoms with Crippen LogP contribution in [0, 0.1) is 11.3 Å². The second-order valence-electron chi connectivity index (χ2n) is 1.42. The van der Waals surface area contributed by atoms with Crippen LogP contribution in [0.3, 0.4) is 0 Å². The fourth-order valence-electron chi connectivity index (χ4n) is 0.429. The summed E-state index contributed by atoms with van der Waals surface area (Å²) in [5.41, 5.74) is 0.269. The summed E-state index contributed by atoms with van der Waals surface area (Å²) >= 11 is 5.35. The Bertz CT molecular complexity index is 237. The largest absolute Gasteiger partial charge is 0.359 e. The van der Waals surface area contributed by atoms with Crippen LogP contribution in [0.5, 0.6) is 0 Å². The Morgan fingerprint density at radius 2 is 2.67 bits per heavy atom. The van der Waals surface area contributed by atoms with E-state index in [4.69, 9.17) is 16.9 Å². The van der Waals surface area contributed by atoms with Crippen molar-refractivity contribution in [2.45, 2.75) is 5.88 Å². The normalized spacial score (nSPS) is 8.89. The summed E-state index contributed by atoms with van der Waals surface area (Å²) in [6, 6.07) is 3.33. The van der Waals surface area contributed by atoms with Crippen LogP contribution in [0.1, 0.15) is 11.5 Å². The number of rotatable bonds is 1. The Kier molecular flexibility index (Phi) is 1.71. The molecule has 1 aromatic heterocycles. The number of alkyl halides is 1. The number of hydrogen-bond donors (Lipinski definition) is 0. The molecule has 0 fully saturated rings. The molecule has 0 radical (unpaired) electrons. The topological polar surface area (TPSA) is 49.8 Å². The molecule has 0 N–H and O–H groups in total. The molecule has 3 nitrogen and oxygen atoms in total. The van der Waals surface area contributed by atoms with Gasteiger partial charge in [-0.2, -0.15) is 5.26 Å². The quantitative estimate of drug-likeness (QED) is 0.555. The van der Waals surface area contributed by atoms with Gasteiger partial charge in [0.25, 0.3) is 0 Å². The number of aromatic nitrogens is 1. The smallest absolute Gasteiger partial charge is 0.183 e. The van der Waals surface area contributed by atoms with Gasteiger partial charge in [0.1, 0.15) is 6.07 Å². The lowest BCUT2D eigenvalue weighted by Gasteiger charge is -1.74. The predicted octanol–water partition coefficient (Wildman–Crippen LogP) is 1.29. The number of nitrogens with zero attached hydrogens (tertiary/aromatic N) is 2. The van der Waals surface area contributed by atoms with Crippen LogP contribution >= 0.6 is 11.6 Å². The summed E-state index contributed by atoms with van der Waals surface area (Å²) < 4.78 is 4.60. The van der Waals surface area contributed by atoms with Crippen LogP contribution in [0.4, 0.5) is 0 Å². The van der Waals surface area contributed by atoms with Gasteiger partial charge in [-0.1, -0.05) is 5.16 Å². The standard InChI is InChI=1S/C5H3ClN2O/c6-2-5-1-4(3-7)8-9-5/h1H,2H2. The van der Waals surface area contributed by atoms with Crippen molar-refractivity contribution in [3.8, 4) is 6.07 Å². The van der Waals surface area contributed by atoms with Crippen LogP contribution in [0.2, 0.25) is 0 Å². The Morgan fingerprint density at radius 1 is 1.89 bits per heavy atom. The summed E-state index contributed by atoms with van der Waals surface area (Å²) in [5, 5.41) is 11.6. The first-order chi connectivity index (χ1) is 4.36. The highest BCUT2D eigenvalue weighted by molar-refractivity contribution is 6.16. The molecule has 0 saturated carbocycles. The SMILES string of the molecule is N#Cc1cc(CCl)on1. The van der Waals surface area contributed by atoms with Crippen LogP contribution in [-0.2, 0) is 5.88 Å². The molecule has 0 saturated heterocycles. The summed E-state index contributed by atoms with van der Waals surface area (Å²) in [6.07, 6.45) is 0. The van der Waals surface area contributed by atoms with Crippen molar-refractivity contribution in [3.05, 3.63) is 17.5 Å². The first-order valence-electron chi connectivity index (χ1n) is 2.28. The van der Waals surface area contributed by atoms with Gasteiger partial charge >= 0.3 is 0 Å². The highest BCUT2D eigenvalue weighted by Crippen LogP contribution is 2.04. The lowest BCUT2D eigenvalue weighted by Crippen LogP contribution is -1.65. The zero-order valence-electron chi connectivity index (χ0n) is 4.47. The summed E-state index contributed by atoms with van der Waals surface area (Å²) in [4.78, 5) is 0. The molecule has 0 bridgehead atoms. The minimum Gasteiger partial charge on any atom is -0.359 e. The molecule has 0 amide bonds. The van der Waals surface area contributed by atoms with E-state index in [1.807, 2.05) is 6.07 Å². The number of hydrogen-bond acceptors (Lipinski definition) is 3. The van der Waals surface area contributed by atoms with Crippen LogP contribution < -0.4 is 0 Å². The third kappa shape index (κ3) is 1.21. The Balaban J connectivity index is 2.90. The Morgan fingerprint density at radius 3 is 3.00 bits per heavy atom. The fraction of sp³-hybridized carbons (Fsp3) is 0.200. The first kappa shape index (κ1) is 6.12. The second-order valence-corrected chi connectivity index (χ2v) is 1.69. The van der Waals surface area contributed by atoms with Crippen molar-refractivity contribution >= 4 is 11.6 Å². The van der Waals surface area contributed by atoms with Crippen LogP contribution in [-0.4, -0.2) is 5.16 Å². The molecule has 1 heterocycles. The maximum atomic E-state index is 8.23. The average molecular weight is 143 g/mol. The molecule has 4 heteroatoms. The average Bonchev–Trinajstić information content (AvgIpc) is 2.34. The minimum absolute atomic E-state index is 0.259. The zero-order chi connectivity index (χ0) is 6.69. The lowest BCUT2D eigenvalue weighted by molar-refractivity contribution is 0.392. The molecule has 0 aliphatic rings. The summed E-state index contributed by atoms with van der Waals surface area (Å²) in [6.45, 7) is 0. The zero-order valence-corrected chi connectivity index (χ0v) is 5.22. The van der Waals surface area contributed by atoms with Crippen molar-refractivity contribution in [2.75, 3.05) is 0 Å². The molecule has 0 aliphatic carbocycles. The van der Waals surface area contributed by atoms with Gasteiger partial charge in [0.2, 0.25) is 0 Å². The van der Waals surface area contributed by atoms with Crippen molar-refractivity contribution in [1.29, 1.82) is 5.26 Å². The molecule has 46 valence electrons. The van der Waals surface area contributed by atoms with E-state index >= 15 is 0 Å². The molecule has 1 aromatic rings. The van der Waals surface area contributed by atoms with Gasteiger partial charge in [-0.05, 0) is 0 Å². The highest BCUT2D eigenvalue weighted by Gasteiger charge is 1.98. The summed E-state index contributed by atoms with van der Waals surface area (Å²) in [7, 11) is 0. The van der Waals surface area contributed by atoms with E-state index in [1.54, 1.807) is 0 Å². The van der Waals surface area contributed by atoms with Gasteiger partial charge in [-0.15, -0.1) is 11.6 Å². The molecule has 0 unspecified atom stereocenters. The summed E-state index contributed by atoms with van der Waals surface area (Å²) in [5.74, 6) is 0.780. The van der Waals surface area contributed by atoms with Gasteiger partial charge < -0.3 is 4.52 Å². The Hall–Kier alpha value is -1.01. The molecule has 0 spiro atoms. The highest BCUT2D eigenvalue weighted by atomic mass is 35.5. The van der Waals surface area contributed by atoms with E-state index in [-0.39, 0.29) is 11.6 Å². The molecular weight excluding hydrogens is 140 g/mol. The van der Waals surface area contributed by atoms with E-state index in [2.05, 4.69) is 9.68 Å². The van der Waals surface area contributed by atoms with E-state index in [1.165, 1.54) is 6.07 Å². The van der Waals surface area contributed by atoms with Gasteiger partial charge in [0, 0.05) is 6.07 Å². The van der Waals surface area contributed by atoms with Crippen LogP contribution in [0.25, 0.3) is 0 Å². The van der Waals surface area contributed by atoms with E-state index in [0.29, 0.717) is 5.76 Å². The molecule has 9 heavy (non-hydrogen) atoms. The van der Waals surface area contributed by atoms with Gasteiger partial charge in [-0.25, -0.2) is 0 Å². The van der Waals surface area contributed by atoms with E-state index < -0.39 is 0 Å². The third-order valence-corrected chi connectivity index (χ3v) is 1.07. The van der Waals surface area contributed by atoms with E-state index in [0.717, 1.165) is 0 Å². The van der Waals surface area contributed by atoms with Crippen LogP contribution in [0.15, 0.2) is 10.6 Å². The van der Waals surface area contributed by atoms with E-state index in [9.17, 15) is 0 Å². The minimum atomic E-state index is 0.259. The Labute approximate surface area is 56.8 Å². The lowest BCUT2D eigenvalue weighted by atomic mass is 10.4. The van der Waals surface area contributed by atoms with Crippen molar-refractivity contribution in [3.63, 3.8) is 0 Å². The first-order valence-corrected chi connectivity index (χ1v) is 2.82. The molecule has 0 aromatic carbocycles. The van der Waals surface area contributed by atoms with Gasteiger partial charge in [-0.3, -0.25) is 0 Å². The molecule has 0 aliphatic heterocycles. The second kappa shape index (κ2) is 2.51.